The number of nitrogens with one attached hydrogen (secondary N) is 2. The molecule has 0 saturated heterocycles. The van der Waals surface area contributed by atoms with Crippen molar-refractivity contribution in [2.45, 2.75) is 6.92 Å². The number of benzene rings is 2. The second-order valence-electron chi connectivity index (χ2n) is 5.39. The van der Waals surface area contributed by atoms with Gasteiger partial charge in [-0.1, -0.05) is 17.7 Å². The van der Waals surface area contributed by atoms with Gasteiger partial charge in [0.25, 0.3) is 17.5 Å². The van der Waals surface area contributed by atoms with Crippen LogP contribution in [0.25, 0.3) is 0 Å². The van der Waals surface area contributed by atoms with Crippen molar-refractivity contribution >= 4 is 29.1 Å². The smallest absolute Gasteiger partial charge is 0.283 e. The van der Waals surface area contributed by atoms with Gasteiger partial charge in [0, 0.05) is 29.7 Å². The summed E-state index contributed by atoms with van der Waals surface area (Å²) in [5.41, 5.74) is 0.0478. The number of nitro groups is 1. The molecule has 0 fully saturated rings. The zero-order valence-electron chi connectivity index (χ0n) is 13.7. The van der Waals surface area contributed by atoms with E-state index >= 15 is 0 Å². The van der Waals surface area contributed by atoms with E-state index in [-0.39, 0.29) is 29.2 Å². The van der Waals surface area contributed by atoms with Gasteiger partial charge in [-0.15, -0.1) is 0 Å². The summed E-state index contributed by atoms with van der Waals surface area (Å²) < 4.78 is 13.5. The lowest BCUT2D eigenvalue weighted by atomic mass is 10.1. The van der Waals surface area contributed by atoms with Gasteiger partial charge in [0.1, 0.15) is 11.4 Å². The van der Waals surface area contributed by atoms with Gasteiger partial charge in [0.05, 0.1) is 4.92 Å². The Balaban J connectivity index is 1.90. The second-order valence-corrected chi connectivity index (χ2v) is 5.83. The molecule has 2 amide bonds. The van der Waals surface area contributed by atoms with Gasteiger partial charge in [0.15, 0.2) is 0 Å². The highest BCUT2D eigenvalue weighted by atomic mass is 35.5. The van der Waals surface area contributed by atoms with Crippen molar-refractivity contribution in [1.29, 1.82) is 0 Å². The molecule has 0 aliphatic carbocycles. The van der Waals surface area contributed by atoms with Crippen LogP contribution >= 0.6 is 11.6 Å². The van der Waals surface area contributed by atoms with Crippen LogP contribution in [0.15, 0.2) is 36.4 Å². The molecule has 0 spiro atoms. The molecule has 0 atom stereocenters. The molecule has 2 rings (SSSR count). The minimum atomic E-state index is -0.700. The number of rotatable bonds is 6. The molecule has 26 heavy (non-hydrogen) atoms. The number of halogens is 2. The highest BCUT2D eigenvalue weighted by Gasteiger charge is 2.20. The van der Waals surface area contributed by atoms with Gasteiger partial charge in [-0.3, -0.25) is 19.7 Å². The van der Waals surface area contributed by atoms with E-state index in [4.69, 9.17) is 11.6 Å². The average molecular weight is 380 g/mol. The third kappa shape index (κ3) is 4.76. The molecule has 2 aromatic rings. The van der Waals surface area contributed by atoms with Crippen LogP contribution < -0.4 is 10.6 Å². The predicted octanol–water partition coefficient (Wildman–Crippen LogP) is 2.86. The molecule has 2 aromatic carbocycles. The maximum Gasteiger partial charge on any atom is 0.283 e. The number of carbonyl (C=O) groups is 2. The SMILES string of the molecule is Cc1ccc(C(=O)NCCNC(=O)c2ccc(Cl)cc2[N+](=O)[O-])cc1F. The molecule has 2 N–H and O–H groups in total. The number of nitro benzene ring substituents is 1. The summed E-state index contributed by atoms with van der Waals surface area (Å²) in [6.07, 6.45) is 0. The number of amides is 2. The summed E-state index contributed by atoms with van der Waals surface area (Å²) >= 11 is 5.70. The Bertz CT molecular complexity index is 873. The fourth-order valence-corrected chi connectivity index (χ4v) is 2.30. The molecule has 7 nitrogen and oxygen atoms in total. The van der Waals surface area contributed by atoms with E-state index in [2.05, 4.69) is 10.6 Å². The lowest BCUT2D eigenvalue weighted by Gasteiger charge is -2.08. The molecule has 0 radical (unpaired) electrons. The first-order valence-corrected chi connectivity index (χ1v) is 7.94. The number of aryl methyl sites for hydroxylation is 1. The third-order valence-electron chi connectivity index (χ3n) is 3.53. The van der Waals surface area contributed by atoms with Crippen molar-refractivity contribution < 1.29 is 18.9 Å². The summed E-state index contributed by atoms with van der Waals surface area (Å²) in [6, 6.07) is 7.82. The molecule has 0 aromatic heterocycles. The van der Waals surface area contributed by atoms with Gasteiger partial charge in [-0.25, -0.2) is 4.39 Å². The van der Waals surface area contributed by atoms with Crippen molar-refractivity contribution in [3.05, 3.63) is 74.0 Å². The first kappa shape index (κ1) is 19.3. The molecule has 136 valence electrons. The van der Waals surface area contributed by atoms with Gasteiger partial charge in [0.2, 0.25) is 0 Å². The number of nitrogens with zero attached hydrogens (tertiary/aromatic N) is 1. The Kier molecular flexibility index (Phi) is 6.24. The van der Waals surface area contributed by atoms with Crippen LogP contribution in [0.1, 0.15) is 26.3 Å². The molecule has 0 unspecified atom stereocenters. The zero-order chi connectivity index (χ0) is 19.3. The molecular weight excluding hydrogens is 365 g/mol. The normalized spacial score (nSPS) is 10.3. The van der Waals surface area contributed by atoms with Crippen LogP contribution in [-0.2, 0) is 0 Å². The van der Waals surface area contributed by atoms with Crippen LogP contribution in [0.2, 0.25) is 5.02 Å². The molecule has 0 aliphatic rings. The Morgan fingerprint density at radius 3 is 2.38 bits per heavy atom. The van der Waals surface area contributed by atoms with E-state index in [1.807, 2.05) is 0 Å². The Labute approximate surface area is 153 Å². The highest BCUT2D eigenvalue weighted by Crippen LogP contribution is 2.22. The summed E-state index contributed by atoms with van der Waals surface area (Å²) in [5.74, 6) is -1.64. The van der Waals surface area contributed by atoms with Crippen LogP contribution in [0, 0.1) is 22.9 Å². The average Bonchev–Trinajstić information content (AvgIpc) is 2.60. The van der Waals surface area contributed by atoms with E-state index in [1.54, 1.807) is 6.92 Å². The summed E-state index contributed by atoms with van der Waals surface area (Å²) in [6.45, 7) is 1.70. The molecule has 0 aliphatic heterocycles. The fraction of sp³-hybridized carbons (Fsp3) is 0.176. The molecular formula is C17H15ClFN3O4. The number of hydrogen-bond acceptors (Lipinski definition) is 4. The summed E-state index contributed by atoms with van der Waals surface area (Å²) in [5, 5.41) is 16.1. The van der Waals surface area contributed by atoms with E-state index < -0.39 is 28.2 Å². The van der Waals surface area contributed by atoms with Crippen molar-refractivity contribution in [1.82, 2.24) is 10.6 Å². The van der Waals surface area contributed by atoms with Crippen molar-refractivity contribution in [2.24, 2.45) is 0 Å². The van der Waals surface area contributed by atoms with Gasteiger partial charge < -0.3 is 10.6 Å². The summed E-state index contributed by atoms with van der Waals surface area (Å²) in [7, 11) is 0. The quantitative estimate of drug-likeness (QED) is 0.457. The van der Waals surface area contributed by atoms with E-state index in [0.29, 0.717) is 5.56 Å². The van der Waals surface area contributed by atoms with Crippen molar-refractivity contribution in [3.63, 3.8) is 0 Å². The standard InChI is InChI=1S/C17H15ClFN3O4/c1-10-2-3-11(8-14(10)19)16(23)20-6-7-21-17(24)13-5-4-12(18)9-15(13)22(25)26/h2-5,8-9H,6-7H2,1H3,(H,20,23)(H,21,24). The first-order chi connectivity index (χ1) is 12.3. The molecule has 0 heterocycles. The monoisotopic (exact) mass is 379 g/mol. The zero-order valence-corrected chi connectivity index (χ0v) is 14.5. The van der Waals surface area contributed by atoms with Crippen LogP contribution in [0.4, 0.5) is 10.1 Å². The summed E-state index contributed by atoms with van der Waals surface area (Å²) in [4.78, 5) is 34.3. The highest BCUT2D eigenvalue weighted by molar-refractivity contribution is 6.31. The maximum absolute atomic E-state index is 13.5. The predicted molar refractivity (Wildman–Crippen MR) is 93.9 cm³/mol. The third-order valence-corrected chi connectivity index (χ3v) is 3.77. The first-order valence-electron chi connectivity index (χ1n) is 7.56. The van der Waals surface area contributed by atoms with Crippen molar-refractivity contribution in [2.75, 3.05) is 13.1 Å². The maximum atomic E-state index is 13.5. The molecule has 9 heteroatoms. The van der Waals surface area contributed by atoms with E-state index in [9.17, 15) is 24.1 Å². The van der Waals surface area contributed by atoms with Crippen LogP contribution in [0.3, 0.4) is 0 Å². The Morgan fingerprint density at radius 1 is 1.12 bits per heavy atom. The largest absolute Gasteiger partial charge is 0.350 e. The topological polar surface area (TPSA) is 101 Å². The number of hydrogen-bond donors (Lipinski definition) is 2. The van der Waals surface area contributed by atoms with Crippen molar-refractivity contribution in [3.8, 4) is 0 Å². The van der Waals surface area contributed by atoms with Gasteiger partial charge in [-0.05, 0) is 36.8 Å². The Morgan fingerprint density at radius 2 is 1.77 bits per heavy atom. The minimum absolute atomic E-state index is 0.0404. The van der Waals surface area contributed by atoms with Crippen LogP contribution in [-0.4, -0.2) is 29.8 Å². The second kappa shape index (κ2) is 8.39. The van der Waals surface area contributed by atoms with E-state index in [0.717, 1.165) is 12.1 Å². The molecule has 0 bridgehead atoms. The minimum Gasteiger partial charge on any atom is -0.350 e. The van der Waals surface area contributed by atoms with Crippen LogP contribution in [0.5, 0.6) is 0 Å². The Hall–Kier alpha value is -3.00. The number of carbonyl (C=O) groups excluding carboxylic acids is 2. The lowest BCUT2D eigenvalue weighted by molar-refractivity contribution is -0.385. The van der Waals surface area contributed by atoms with Gasteiger partial charge >= 0.3 is 0 Å². The van der Waals surface area contributed by atoms with Gasteiger partial charge in [-0.2, -0.15) is 0 Å². The lowest BCUT2D eigenvalue weighted by Crippen LogP contribution is -2.35. The fourth-order valence-electron chi connectivity index (χ4n) is 2.13. The molecule has 0 saturated carbocycles. The van der Waals surface area contributed by atoms with E-state index in [1.165, 1.54) is 24.3 Å².